The molecule has 3 rings (SSSR count). The van der Waals surface area contributed by atoms with Crippen molar-refractivity contribution in [3.05, 3.63) is 41.9 Å². The van der Waals surface area contributed by atoms with Crippen LogP contribution in [0, 0.1) is 5.92 Å². The molecule has 0 bridgehead atoms. The Morgan fingerprint density at radius 3 is 2.67 bits per heavy atom. The van der Waals surface area contributed by atoms with Gasteiger partial charge in [-0.1, -0.05) is 13.0 Å². The number of aromatic nitrogens is 3. The first-order valence-corrected chi connectivity index (χ1v) is 9.84. The Labute approximate surface area is 161 Å². The second-order valence-electron chi connectivity index (χ2n) is 7.19. The van der Waals surface area contributed by atoms with Crippen LogP contribution >= 0.6 is 0 Å². The molecule has 146 valence electrons. The van der Waals surface area contributed by atoms with E-state index in [1.54, 1.807) is 6.20 Å². The lowest BCUT2D eigenvalue weighted by Crippen LogP contribution is -2.37. The summed E-state index contributed by atoms with van der Waals surface area (Å²) in [5, 5.41) is 10.8. The van der Waals surface area contributed by atoms with E-state index < -0.39 is 0 Å². The van der Waals surface area contributed by atoms with Gasteiger partial charge in [-0.05, 0) is 43.4 Å². The number of anilines is 1. The minimum Gasteiger partial charge on any atom is -0.357 e. The van der Waals surface area contributed by atoms with Crippen molar-refractivity contribution in [3.63, 3.8) is 0 Å². The molecule has 2 N–H and O–H groups in total. The van der Waals surface area contributed by atoms with Crippen LogP contribution in [0.15, 0.2) is 35.6 Å². The molecule has 3 heterocycles. The number of piperidine rings is 1. The van der Waals surface area contributed by atoms with Gasteiger partial charge in [0.25, 0.3) is 0 Å². The van der Waals surface area contributed by atoms with Crippen LogP contribution in [-0.4, -0.2) is 40.4 Å². The van der Waals surface area contributed by atoms with Crippen LogP contribution in [-0.2, 0) is 20.1 Å². The van der Waals surface area contributed by atoms with Crippen molar-refractivity contribution < 1.29 is 0 Å². The number of hydrogen-bond donors (Lipinski definition) is 2. The molecule has 2 aromatic heterocycles. The third kappa shape index (κ3) is 5.45. The Balaban J connectivity index is 1.56. The van der Waals surface area contributed by atoms with Crippen molar-refractivity contribution in [1.29, 1.82) is 0 Å². The summed E-state index contributed by atoms with van der Waals surface area (Å²) in [4.78, 5) is 11.7. The van der Waals surface area contributed by atoms with E-state index >= 15 is 0 Å². The Bertz CT molecular complexity index is 727. The molecule has 7 nitrogen and oxygen atoms in total. The maximum atomic E-state index is 4.68. The molecule has 0 radical (unpaired) electrons. The zero-order valence-electron chi connectivity index (χ0n) is 16.6. The third-order valence-electron chi connectivity index (χ3n) is 5.04. The SMILES string of the molecule is CCNC(=NCc1ccc(N2CCC(C)CC2)nc1)NCc1ccnn1C. The zero-order valence-corrected chi connectivity index (χ0v) is 16.6. The molecular weight excluding hydrogens is 338 g/mol. The van der Waals surface area contributed by atoms with Crippen molar-refractivity contribution >= 4 is 11.8 Å². The Hall–Kier alpha value is -2.57. The maximum Gasteiger partial charge on any atom is 0.191 e. The van der Waals surface area contributed by atoms with Gasteiger partial charge in [-0.15, -0.1) is 0 Å². The third-order valence-corrected chi connectivity index (χ3v) is 5.04. The summed E-state index contributed by atoms with van der Waals surface area (Å²) in [7, 11) is 1.94. The molecule has 0 saturated carbocycles. The first-order valence-electron chi connectivity index (χ1n) is 9.84. The molecule has 27 heavy (non-hydrogen) atoms. The molecule has 0 atom stereocenters. The predicted octanol–water partition coefficient (Wildman–Crippen LogP) is 2.31. The summed E-state index contributed by atoms with van der Waals surface area (Å²) in [6, 6.07) is 6.26. The quantitative estimate of drug-likeness (QED) is 0.604. The Morgan fingerprint density at radius 1 is 1.22 bits per heavy atom. The lowest BCUT2D eigenvalue weighted by Gasteiger charge is -2.31. The normalized spacial score (nSPS) is 15.8. The van der Waals surface area contributed by atoms with Crippen molar-refractivity contribution in [2.24, 2.45) is 18.0 Å². The highest BCUT2D eigenvalue weighted by atomic mass is 15.3. The van der Waals surface area contributed by atoms with Crippen LogP contribution in [0.1, 0.15) is 37.9 Å². The first kappa shape index (κ1) is 19.2. The summed E-state index contributed by atoms with van der Waals surface area (Å²) in [5.74, 6) is 2.71. The van der Waals surface area contributed by atoms with E-state index in [9.17, 15) is 0 Å². The van der Waals surface area contributed by atoms with E-state index in [-0.39, 0.29) is 0 Å². The van der Waals surface area contributed by atoms with Gasteiger partial charge in [-0.2, -0.15) is 5.10 Å². The van der Waals surface area contributed by atoms with Gasteiger partial charge in [-0.3, -0.25) is 4.68 Å². The molecule has 0 aromatic carbocycles. The molecule has 2 aromatic rings. The number of pyridine rings is 1. The van der Waals surface area contributed by atoms with E-state index in [1.807, 2.05) is 24.0 Å². The van der Waals surface area contributed by atoms with E-state index in [4.69, 9.17) is 0 Å². The number of aliphatic imine (C=N–C) groups is 1. The van der Waals surface area contributed by atoms with Crippen molar-refractivity contribution in [3.8, 4) is 0 Å². The second-order valence-corrected chi connectivity index (χ2v) is 7.19. The van der Waals surface area contributed by atoms with E-state index in [0.717, 1.165) is 48.6 Å². The topological polar surface area (TPSA) is 70.4 Å². The fourth-order valence-corrected chi connectivity index (χ4v) is 3.20. The van der Waals surface area contributed by atoms with Gasteiger partial charge in [0.2, 0.25) is 0 Å². The summed E-state index contributed by atoms with van der Waals surface area (Å²) in [6.07, 6.45) is 6.25. The predicted molar refractivity (Wildman–Crippen MR) is 110 cm³/mol. The summed E-state index contributed by atoms with van der Waals surface area (Å²) >= 11 is 0. The highest BCUT2D eigenvalue weighted by Crippen LogP contribution is 2.21. The first-order chi connectivity index (χ1) is 13.2. The molecule has 0 unspecified atom stereocenters. The van der Waals surface area contributed by atoms with Gasteiger partial charge >= 0.3 is 0 Å². The number of nitrogens with one attached hydrogen (secondary N) is 2. The van der Waals surface area contributed by atoms with Crippen LogP contribution in [0.25, 0.3) is 0 Å². The summed E-state index contributed by atoms with van der Waals surface area (Å²) < 4.78 is 1.86. The highest BCUT2D eigenvalue weighted by molar-refractivity contribution is 5.79. The van der Waals surface area contributed by atoms with Gasteiger partial charge in [0, 0.05) is 39.1 Å². The van der Waals surface area contributed by atoms with E-state index in [0.29, 0.717) is 13.1 Å². The van der Waals surface area contributed by atoms with Crippen molar-refractivity contribution in [1.82, 2.24) is 25.4 Å². The van der Waals surface area contributed by atoms with E-state index in [2.05, 4.69) is 56.6 Å². The monoisotopic (exact) mass is 369 g/mol. The maximum absolute atomic E-state index is 4.68. The van der Waals surface area contributed by atoms with Gasteiger partial charge in [-0.25, -0.2) is 9.98 Å². The molecular formula is C20H31N7. The van der Waals surface area contributed by atoms with Crippen LogP contribution in [0.3, 0.4) is 0 Å². The minimum absolute atomic E-state index is 0.602. The number of guanidine groups is 1. The Kier molecular flexibility index (Phi) is 6.68. The van der Waals surface area contributed by atoms with Gasteiger partial charge < -0.3 is 15.5 Å². The lowest BCUT2D eigenvalue weighted by atomic mass is 9.99. The molecule has 1 saturated heterocycles. The number of nitrogens with zero attached hydrogens (tertiary/aromatic N) is 5. The van der Waals surface area contributed by atoms with Crippen molar-refractivity contribution in [2.75, 3.05) is 24.5 Å². The number of aryl methyl sites for hydroxylation is 1. The van der Waals surface area contributed by atoms with Crippen LogP contribution in [0.2, 0.25) is 0 Å². The molecule has 7 heteroatoms. The van der Waals surface area contributed by atoms with Gasteiger partial charge in [0.1, 0.15) is 5.82 Å². The second kappa shape index (κ2) is 9.39. The summed E-state index contributed by atoms with van der Waals surface area (Å²) in [6.45, 7) is 8.72. The van der Waals surface area contributed by atoms with Crippen molar-refractivity contribution in [2.45, 2.75) is 39.8 Å². The minimum atomic E-state index is 0.602. The molecule has 0 spiro atoms. The average Bonchev–Trinajstić information content (AvgIpc) is 3.10. The van der Waals surface area contributed by atoms with Crippen LogP contribution in [0.5, 0.6) is 0 Å². The summed E-state index contributed by atoms with van der Waals surface area (Å²) in [5.41, 5.74) is 2.23. The van der Waals surface area contributed by atoms with Crippen LogP contribution in [0.4, 0.5) is 5.82 Å². The molecule has 0 amide bonds. The number of hydrogen-bond acceptors (Lipinski definition) is 4. The highest BCUT2D eigenvalue weighted by Gasteiger charge is 2.16. The van der Waals surface area contributed by atoms with Gasteiger partial charge in [0.15, 0.2) is 5.96 Å². The molecule has 0 aliphatic carbocycles. The van der Waals surface area contributed by atoms with Crippen LogP contribution < -0.4 is 15.5 Å². The molecule has 1 aliphatic heterocycles. The Morgan fingerprint density at radius 2 is 2.04 bits per heavy atom. The smallest absolute Gasteiger partial charge is 0.191 e. The van der Waals surface area contributed by atoms with E-state index in [1.165, 1.54) is 12.8 Å². The standard InChI is InChI=1S/C20H31N7/c1-4-21-20(24-15-18-7-10-25-26(18)3)23-14-17-5-6-19(22-13-17)27-11-8-16(2)9-12-27/h5-7,10,13,16H,4,8-9,11-12,14-15H2,1-3H3,(H2,21,23,24). The lowest BCUT2D eigenvalue weighted by molar-refractivity contribution is 0.436. The zero-order chi connectivity index (χ0) is 19.1. The molecule has 1 aliphatic rings. The number of rotatable bonds is 6. The largest absolute Gasteiger partial charge is 0.357 e. The fourth-order valence-electron chi connectivity index (χ4n) is 3.20. The van der Waals surface area contributed by atoms with Gasteiger partial charge in [0.05, 0.1) is 18.8 Å². The molecule has 1 fully saturated rings. The fraction of sp³-hybridized carbons (Fsp3) is 0.550. The average molecular weight is 370 g/mol.